The van der Waals surface area contributed by atoms with Gasteiger partial charge in [-0.2, -0.15) is 0 Å². The SMILES string of the molecule is C=Cc1c(N)nc(-c2cc(F)cc(Cl)c2)nc1C(C)=O. The van der Waals surface area contributed by atoms with Gasteiger partial charge in [0.1, 0.15) is 17.3 Å². The maximum Gasteiger partial charge on any atom is 0.178 e. The molecule has 0 bridgehead atoms. The first-order valence-corrected chi connectivity index (χ1v) is 6.07. The van der Waals surface area contributed by atoms with Crippen molar-refractivity contribution in [1.82, 2.24) is 9.97 Å². The van der Waals surface area contributed by atoms with Gasteiger partial charge in [0.2, 0.25) is 0 Å². The molecule has 0 unspecified atom stereocenters. The molecule has 4 nitrogen and oxygen atoms in total. The van der Waals surface area contributed by atoms with Gasteiger partial charge in [-0.25, -0.2) is 14.4 Å². The molecule has 0 atom stereocenters. The molecule has 1 aromatic carbocycles. The summed E-state index contributed by atoms with van der Waals surface area (Å²) >= 11 is 5.79. The summed E-state index contributed by atoms with van der Waals surface area (Å²) in [6, 6.07) is 3.88. The summed E-state index contributed by atoms with van der Waals surface area (Å²) in [5.74, 6) is -0.556. The molecular formula is C14H11ClFN3O. The van der Waals surface area contributed by atoms with Crippen molar-refractivity contribution >= 4 is 29.3 Å². The van der Waals surface area contributed by atoms with Crippen LogP contribution in [0.2, 0.25) is 5.02 Å². The molecule has 0 aliphatic carbocycles. The third-order valence-electron chi connectivity index (χ3n) is 2.63. The van der Waals surface area contributed by atoms with Gasteiger partial charge in [-0.3, -0.25) is 4.79 Å². The number of carbonyl (C=O) groups excluding carboxylic acids is 1. The molecule has 0 saturated carbocycles. The molecule has 102 valence electrons. The van der Waals surface area contributed by atoms with Crippen LogP contribution in [0.3, 0.4) is 0 Å². The number of hydrogen-bond acceptors (Lipinski definition) is 4. The molecule has 0 aliphatic heterocycles. The predicted molar refractivity (Wildman–Crippen MR) is 76.9 cm³/mol. The van der Waals surface area contributed by atoms with Gasteiger partial charge in [-0.15, -0.1) is 0 Å². The summed E-state index contributed by atoms with van der Waals surface area (Å²) < 4.78 is 13.4. The van der Waals surface area contributed by atoms with Gasteiger partial charge in [0, 0.05) is 23.1 Å². The first kappa shape index (κ1) is 14.1. The van der Waals surface area contributed by atoms with E-state index in [2.05, 4.69) is 16.5 Å². The lowest BCUT2D eigenvalue weighted by molar-refractivity contribution is 0.101. The highest BCUT2D eigenvalue weighted by atomic mass is 35.5. The third kappa shape index (κ3) is 2.67. The Hall–Kier alpha value is -2.27. The highest BCUT2D eigenvalue weighted by molar-refractivity contribution is 6.30. The van der Waals surface area contributed by atoms with E-state index in [0.29, 0.717) is 11.1 Å². The van der Waals surface area contributed by atoms with E-state index < -0.39 is 5.82 Å². The van der Waals surface area contributed by atoms with Gasteiger partial charge < -0.3 is 5.73 Å². The van der Waals surface area contributed by atoms with Crippen molar-refractivity contribution in [2.45, 2.75) is 6.92 Å². The van der Waals surface area contributed by atoms with Gasteiger partial charge in [-0.05, 0) is 18.2 Å². The number of carbonyl (C=O) groups is 1. The number of nitrogens with two attached hydrogens (primary N) is 1. The van der Waals surface area contributed by atoms with Crippen molar-refractivity contribution in [3.05, 3.63) is 46.9 Å². The van der Waals surface area contributed by atoms with Crippen molar-refractivity contribution in [3.8, 4) is 11.4 Å². The van der Waals surface area contributed by atoms with Crippen LogP contribution >= 0.6 is 11.6 Å². The Bertz CT molecular complexity index is 696. The summed E-state index contributed by atoms with van der Waals surface area (Å²) in [5, 5.41) is 0.208. The minimum Gasteiger partial charge on any atom is -0.383 e. The predicted octanol–water partition coefficient (Wildman–Crippen LogP) is 3.36. The van der Waals surface area contributed by atoms with Crippen LogP contribution < -0.4 is 5.73 Å². The van der Waals surface area contributed by atoms with Gasteiger partial charge in [0.05, 0.1) is 0 Å². The first-order valence-electron chi connectivity index (χ1n) is 5.69. The lowest BCUT2D eigenvalue weighted by Gasteiger charge is -2.08. The Balaban J connectivity index is 2.69. The van der Waals surface area contributed by atoms with Crippen LogP contribution in [-0.4, -0.2) is 15.8 Å². The van der Waals surface area contributed by atoms with Crippen molar-refractivity contribution in [1.29, 1.82) is 0 Å². The number of nitrogen functional groups attached to an aromatic ring is 1. The molecule has 6 heteroatoms. The van der Waals surface area contributed by atoms with Crippen LogP contribution in [0.4, 0.5) is 10.2 Å². The van der Waals surface area contributed by atoms with Crippen LogP contribution in [0.1, 0.15) is 23.0 Å². The molecule has 0 amide bonds. The third-order valence-corrected chi connectivity index (χ3v) is 2.85. The maximum atomic E-state index is 13.4. The minimum absolute atomic E-state index is 0.107. The average Bonchev–Trinajstić information content (AvgIpc) is 2.36. The van der Waals surface area contributed by atoms with E-state index in [9.17, 15) is 9.18 Å². The zero-order valence-corrected chi connectivity index (χ0v) is 11.4. The number of aromatic nitrogens is 2. The molecule has 0 fully saturated rings. The van der Waals surface area contributed by atoms with E-state index in [-0.39, 0.29) is 28.1 Å². The molecule has 0 radical (unpaired) electrons. The molecule has 1 heterocycles. The number of anilines is 1. The van der Waals surface area contributed by atoms with Crippen molar-refractivity contribution < 1.29 is 9.18 Å². The fraction of sp³-hybridized carbons (Fsp3) is 0.0714. The average molecular weight is 292 g/mol. The zero-order chi connectivity index (χ0) is 14.9. The Morgan fingerprint density at radius 1 is 1.40 bits per heavy atom. The van der Waals surface area contributed by atoms with Gasteiger partial charge in [-0.1, -0.05) is 24.3 Å². The van der Waals surface area contributed by atoms with E-state index >= 15 is 0 Å². The van der Waals surface area contributed by atoms with E-state index in [4.69, 9.17) is 17.3 Å². The van der Waals surface area contributed by atoms with Gasteiger partial charge in [0.15, 0.2) is 11.6 Å². The standard InChI is InChI=1S/C14H11ClFN3O/c1-3-11-12(7(2)20)18-14(19-13(11)17)8-4-9(15)6-10(16)5-8/h3-6H,1H2,2H3,(H2,17,18,19). The first-order chi connectivity index (χ1) is 9.42. The topological polar surface area (TPSA) is 68.9 Å². The summed E-state index contributed by atoms with van der Waals surface area (Å²) in [4.78, 5) is 19.8. The number of halogens is 2. The summed E-state index contributed by atoms with van der Waals surface area (Å²) in [5.41, 5.74) is 6.64. The lowest BCUT2D eigenvalue weighted by atomic mass is 10.1. The Morgan fingerprint density at radius 2 is 2.10 bits per heavy atom. The molecule has 0 saturated heterocycles. The Kier molecular flexibility index (Phi) is 3.81. The largest absolute Gasteiger partial charge is 0.383 e. The second kappa shape index (κ2) is 5.38. The lowest BCUT2D eigenvalue weighted by Crippen LogP contribution is -2.08. The van der Waals surface area contributed by atoms with E-state index in [1.165, 1.54) is 31.2 Å². The van der Waals surface area contributed by atoms with Crippen LogP contribution in [0.25, 0.3) is 17.5 Å². The number of nitrogens with zero attached hydrogens (tertiary/aromatic N) is 2. The molecule has 0 aliphatic rings. The van der Waals surface area contributed by atoms with Crippen molar-refractivity contribution in [3.63, 3.8) is 0 Å². The van der Waals surface area contributed by atoms with Gasteiger partial charge >= 0.3 is 0 Å². The van der Waals surface area contributed by atoms with Crippen LogP contribution in [0.5, 0.6) is 0 Å². The van der Waals surface area contributed by atoms with E-state index in [1.807, 2.05) is 0 Å². The van der Waals surface area contributed by atoms with E-state index in [1.54, 1.807) is 0 Å². The number of Topliss-reactive ketones (excluding diaryl/α,β-unsaturated/α-hetero) is 1. The summed E-state index contributed by atoms with van der Waals surface area (Å²) in [7, 11) is 0. The molecular weight excluding hydrogens is 281 g/mol. The molecule has 0 spiro atoms. The highest BCUT2D eigenvalue weighted by Crippen LogP contribution is 2.25. The number of benzene rings is 1. The highest BCUT2D eigenvalue weighted by Gasteiger charge is 2.15. The molecule has 2 N–H and O–H groups in total. The Labute approximate surface area is 120 Å². The molecule has 1 aromatic heterocycles. The second-order valence-electron chi connectivity index (χ2n) is 4.11. The number of ketones is 1. The van der Waals surface area contributed by atoms with Crippen LogP contribution in [0.15, 0.2) is 24.8 Å². The van der Waals surface area contributed by atoms with Crippen molar-refractivity contribution in [2.75, 3.05) is 5.73 Å². The minimum atomic E-state index is -0.521. The fourth-order valence-electron chi connectivity index (χ4n) is 1.77. The van der Waals surface area contributed by atoms with Gasteiger partial charge in [0.25, 0.3) is 0 Å². The smallest absolute Gasteiger partial charge is 0.178 e. The zero-order valence-electron chi connectivity index (χ0n) is 10.7. The van der Waals surface area contributed by atoms with E-state index in [0.717, 1.165) is 0 Å². The molecule has 2 aromatic rings. The quantitative estimate of drug-likeness (QED) is 0.880. The molecule has 20 heavy (non-hydrogen) atoms. The van der Waals surface area contributed by atoms with Crippen LogP contribution in [-0.2, 0) is 0 Å². The van der Waals surface area contributed by atoms with Crippen molar-refractivity contribution in [2.24, 2.45) is 0 Å². The molecule has 2 rings (SSSR count). The monoisotopic (exact) mass is 291 g/mol. The van der Waals surface area contributed by atoms with Crippen LogP contribution in [0, 0.1) is 5.82 Å². The Morgan fingerprint density at radius 3 is 2.65 bits per heavy atom. The summed E-state index contributed by atoms with van der Waals surface area (Å²) in [6.07, 6.45) is 1.41. The number of rotatable bonds is 3. The maximum absolute atomic E-state index is 13.4. The second-order valence-corrected chi connectivity index (χ2v) is 4.55. The normalized spacial score (nSPS) is 10.3. The number of hydrogen-bond donors (Lipinski definition) is 1. The fourth-order valence-corrected chi connectivity index (χ4v) is 1.99. The summed E-state index contributed by atoms with van der Waals surface area (Å²) in [6.45, 7) is 4.93.